The molecule has 4 nitrogen and oxygen atoms in total. The molecule has 1 aliphatic heterocycles. The highest BCUT2D eigenvalue weighted by molar-refractivity contribution is 7.09. The Labute approximate surface area is 135 Å². The Bertz CT molecular complexity index is 605. The molecular weight excluding hydrogens is 294 g/mol. The molecule has 0 unspecified atom stereocenters. The average molecular weight is 317 g/mol. The highest BCUT2D eigenvalue weighted by Gasteiger charge is 2.28. The molecule has 5 heteroatoms. The Morgan fingerprint density at radius 3 is 3.05 bits per heavy atom. The lowest BCUT2D eigenvalue weighted by Gasteiger charge is -2.24. The van der Waals surface area contributed by atoms with Crippen molar-refractivity contribution in [1.82, 2.24) is 14.8 Å². The molecule has 3 rings (SSSR count). The van der Waals surface area contributed by atoms with Gasteiger partial charge in [0, 0.05) is 30.4 Å². The molecule has 0 bridgehead atoms. The van der Waals surface area contributed by atoms with E-state index >= 15 is 0 Å². The van der Waals surface area contributed by atoms with Crippen molar-refractivity contribution in [2.75, 3.05) is 19.6 Å². The fourth-order valence-corrected chi connectivity index (χ4v) is 3.90. The van der Waals surface area contributed by atoms with Crippen LogP contribution in [0.2, 0.25) is 0 Å². The first-order valence-electron chi connectivity index (χ1n) is 7.88. The van der Waals surface area contributed by atoms with E-state index in [0.29, 0.717) is 12.6 Å². The minimum atomic E-state index is 0.137. The minimum Gasteiger partial charge on any atom is -0.355 e. The molecule has 0 spiro atoms. The van der Waals surface area contributed by atoms with Gasteiger partial charge in [-0.3, -0.25) is 9.69 Å². The maximum atomic E-state index is 12.2. The minimum absolute atomic E-state index is 0.137. The molecule has 0 radical (unpaired) electrons. The predicted molar refractivity (Wildman–Crippen MR) is 90.0 cm³/mol. The first-order valence-corrected chi connectivity index (χ1v) is 8.76. The molecule has 1 fully saturated rings. The lowest BCUT2D eigenvalue weighted by Crippen LogP contribution is -2.38. The van der Waals surface area contributed by atoms with Gasteiger partial charge in [-0.05, 0) is 49.4 Å². The van der Waals surface area contributed by atoms with Crippen molar-refractivity contribution in [2.24, 2.45) is 7.05 Å². The first kappa shape index (κ1) is 15.3. The van der Waals surface area contributed by atoms with Gasteiger partial charge in [0.2, 0.25) is 5.91 Å². The predicted octanol–water partition coefficient (Wildman–Crippen LogP) is 2.58. The molecule has 118 valence electrons. The second kappa shape index (κ2) is 7.11. The van der Waals surface area contributed by atoms with Crippen LogP contribution in [0.25, 0.3) is 0 Å². The highest BCUT2D eigenvalue weighted by atomic mass is 32.1. The van der Waals surface area contributed by atoms with Crippen LogP contribution in [0.4, 0.5) is 0 Å². The summed E-state index contributed by atoms with van der Waals surface area (Å²) in [4.78, 5) is 15.8. The Hall–Kier alpha value is -1.59. The van der Waals surface area contributed by atoms with Crippen molar-refractivity contribution in [3.8, 4) is 0 Å². The monoisotopic (exact) mass is 317 g/mol. The summed E-state index contributed by atoms with van der Waals surface area (Å²) in [6, 6.07) is 8.78. The normalized spacial score (nSPS) is 18.7. The molecule has 0 saturated carbocycles. The smallest absolute Gasteiger partial charge is 0.234 e. The molecule has 1 amide bonds. The van der Waals surface area contributed by atoms with E-state index < -0.39 is 0 Å². The molecule has 1 atom stereocenters. The molecule has 1 saturated heterocycles. The van der Waals surface area contributed by atoms with E-state index in [1.807, 2.05) is 0 Å². The van der Waals surface area contributed by atoms with Crippen molar-refractivity contribution in [3.05, 3.63) is 46.4 Å². The lowest BCUT2D eigenvalue weighted by molar-refractivity contribution is -0.122. The molecule has 1 aliphatic rings. The Morgan fingerprint density at radius 1 is 1.41 bits per heavy atom. The number of nitrogens with one attached hydrogen (secondary N) is 1. The Morgan fingerprint density at radius 2 is 2.32 bits per heavy atom. The van der Waals surface area contributed by atoms with Gasteiger partial charge in [-0.1, -0.05) is 6.07 Å². The summed E-state index contributed by atoms with van der Waals surface area (Å²) in [5.74, 6) is 0.137. The van der Waals surface area contributed by atoms with Crippen LogP contribution in [0.3, 0.4) is 0 Å². The molecule has 2 aromatic rings. The van der Waals surface area contributed by atoms with E-state index in [4.69, 9.17) is 0 Å². The summed E-state index contributed by atoms with van der Waals surface area (Å²) in [6.07, 6.45) is 5.30. The highest BCUT2D eigenvalue weighted by Crippen LogP contribution is 2.31. The van der Waals surface area contributed by atoms with Crippen molar-refractivity contribution < 1.29 is 4.79 Å². The topological polar surface area (TPSA) is 37.3 Å². The Balaban J connectivity index is 1.49. The number of aryl methyl sites for hydroxylation is 1. The van der Waals surface area contributed by atoms with Gasteiger partial charge in [0.15, 0.2) is 0 Å². The summed E-state index contributed by atoms with van der Waals surface area (Å²) in [5, 5.41) is 5.12. The first-order chi connectivity index (χ1) is 10.7. The zero-order chi connectivity index (χ0) is 15.4. The van der Waals surface area contributed by atoms with Gasteiger partial charge in [-0.15, -0.1) is 11.3 Å². The van der Waals surface area contributed by atoms with Crippen molar-refractivity contribution in [1.29, 1.82) is 0 Å². The summed E-state index contributed by atoms with van der Waals surface area (Å²) in [5.41, 5.74) is 1.31. The third-order valence-corrected chi connectivity index (χ3v) is 5.25. The summed E-state index contributed by atoms with van der Waals surface area (Å²) >= 11 is 1.74. The van der Waals surface area contributed by atoms with Crippen LogP contribution in [-0.2, 0) is 18.3 Å². The molecule has 22 heavy (non-hydrogen) atoms. The van der Waals surface area contributed by atoms with Crippen LogP contribution < -0.4 is 5.32 Å². The van der Waals surface area contributed by atoms with E-state index in [2.05, 4.69) is 57.7 Å². The number of rotatable bonds is 6. The number of hydrogen-bond donors (Lipinski definition) is 1. The molecule has 0 aromatic carbocycles. The largest absolute Gasteiger partial charge is 0.355 e. The lowest BCUT2D eigenvalue weighted by atomic mass is 10.1. The van der Waals surface area contributed by atoms with Crippen molar-refractivity contribution in [2.45, 2.75) is 25.3 Å². The fourth-order valence-electron chi connectivity index (χ4n) is 3.19. The van der Waals surface area contributed by atoms with Crippen LogP contribution in [0.15, 0.2) is 35.8 Å². The van der Waals surface area contributed by atoms with Gasteiger partial charge in [0.25, 0.3) is 0 Å². The fraction of sp³-hybridized carbons (Fsp3) is 0.471. The number of carbonyl (C=O) groups is 1. The zero-order valence-electron chi connectivity index (χ0n) is 13.0. The maximum Gasteiger partial charge on any atom is 0.234 e. The molecule has 1 N–H and O–H groups in total. The van der Waals surface area contributed by atoms with Crippen LogP contribution in [0, 0.1) is 0 Å². The number of carbonyl (C=O) groups excluding carboxylic acids is 1. The molecule has 2 aromatic heterocycles. The number of aromatic nitrogens is 1. The van der Waals surface area contributed by atoms with Gasteiger partial charge < -0.3 is 9.88 Å². The summed E-state index contributed by atoms with van der Waals surface area (Å²) in [6.45, 7) is 2.23. The number of nitrogens with zero attached hydrogens (tertiary/aromatic N) is 2. The summed E-state index contributed by atoms with van der Waals surface area (Å²) in [7, 11) is 2.08. The standard InChI is InChI=1S/C17H23N3OS/c1-19-10-2-6-15(19)16-7-3-11-20(16)13-17(21)18-9-8-14-5-4-12-22-14/h2,4-6,10,12,16H,3,7-9,11,13H2,1H3,(H,18,21)/t16-/m1/s1. The number of thiophene rings is 1. The van der Waals surface area contributed by atoms with Gasteiger partial charge in [-0.25, -0.2) is 0 Å². The van der Waals surface area contributed by atoms with Crippen LogP contribution in [0.5, 0.6) is 0 Å². The third kappa shape index (κ3) is 3.59. The molecule has 3 heterocycles. The maximum absolute atomic E-state index is 12.2. The van der Waals surface area contributed by atoms with Crippen LogP contribution in [-0.4, -0.2) is 35.0 Å². The second-order valence-corrected chi connectivity index (χ2v) is 6.88. The zero-order valence-corrected chi connectivity index (χ0v) is 13.8. The van der Waals surface area contributed by atoms with E-state index in [0.717, 1.165) is 25.9 Å². The number of likely N-dealkylation sites (tertiary alicyclic amines) is 1. The number of hydrogen-bond acceptors (Lipinski definition) is 3. The van der Waals surface area contributed by atoms with Crippen molar-refractivity contribution in [3.63, 3.8) is 0 Å². The van der Waals surface area contributed by atoms with Gasteiger partial charge in [0.05, 0.1) is 12.6 Å². The molecular formula is C17H23N3OS. The van der Waals surface area contributed by atoms with E-state index in [-0.39, 0.29) is 5.91 Å². The average Bonchev–Trinajstić information content (AvgIpc) is 3.21. The quantitative estimate of drug-likeness (QED) is 0.889. The third-order valence-electron chi connectivity index (χ3n) is 4.31. The van der Waals surface area contributed by atoms with Gasteiger partial charge in [0.1, 0.15) is 0 Å². The molecule has 0 aliphatic carbocycles. The second-order valence-electron chi connectivity index (χ2n) is 5.85. The Kier molecular flexibility index (Phi) is 4.95. The summed E-state index contributed by atoms with van der Waals surface area (Å²) < 4.78 is 2.16. The van der Waals surface area contributed by atoms with Gasteiger partial charge in [-0.2, -0.15) is 0 Å². The van der Waals surface area contributed by atoms with Crippen LogP contribution in [0.1, 0.15) is 29.5 Å². The van der Waals surface area contributed by atoms with E-state index in [1.54, 1.807) is 11.3 Å². The van der Waals surface area contributed by atoms with E-state index in [9.17, 15) is 4.79 Å². The van der Waals surface area contributed by atoms with E-state index in [1.165, 1.54) is 17.0 Å². The van der Waals surface area contributed by atoms with Gasteiger partial charge >= 0.3 is 0 Å². The van der Waals surface area contributed by atoms with Crippen LogP contribution >= 0.6 is 11.3 Å². The SMILES string of the molecule is Cn1cccc1[C@H]1CCCN1CC(=O)NCCc1cccs1. The van der Waals surface area contributed by atoms with Crippen molar-refractivity contribution >= 4 is 17.2 Å². The number of amides is 1.